The van der Waals surface area contributed by atoms with Gasteiger partial charge in [-0.3, -0.25) is 0 Å². The quantitative estimate of drug-likeness (QED) is 0.772. The highest BCUT2D eigenvalue weighted by atomic mass is 32.2. The van der Waals surface area contributed by atoms with Crippen molar-refractivity contribution >= 4 is 11.8 Å². The van der Waals surface area contributed by atoms with E-state index in [-0.39, 0.29) is 0 Å². The van der Waals surface area contributed by atoms with Crippen LogP contribution in [-0.2, 0) is 19.3 Å². The van der Waals surface area contributed by atoms with Gasteiger partial charge in [-0.25, -0.2) is 9.97 Å². The molecule has 0 aliphatic carbocycles. The summed E-state index contributed by atoms with van der Waals surface area (Å²) in [5.74, 6) is 2.23. The molecule has 84 valence electrons. The van der Waals surface area contributed by atoms with Gasteiger partial charge >= 0.3 is 0 Å². The van der Waals surface area contributed by atoms with Crippen LogP contribution < -0.4 is 5.73 Å². The van der Waals surface area contributed by atoms with E-state index >= 15 is 0 Å². The van der Waals surface area contributed by atoms with E-state index in [0.29, 0.717) is 12.3 Å². The fraction of sp³-hybridized carbons (Fsp3) is 0.333. The minimum atomic E-state index is 0.395. The lowest BCUT2D eigenvalue weighted by atomic mass is 10.6. The van der Waals surface area contributed by atoms with Crippen molar-refractivity contribution in [1.82, 2.24) is 24.7 Å². The molecule has 7 heteroatoms. The molecule has 0 atom stereocenters. The van der Waals surface area contributed by atoms with Crippen molar-refractivity contribution in [2.45, 2.75) is 17.5 Å². The molecule has 2 N–H and O–H groups in total. The molecule has 0 aliphatic heterocycles. The van der Waals surface area contributed by atoms with E-state index in [0.717, 1.165) is 16.8 Å². The van der Waals surface area contributed by atoms with Gasteiger partial charge in [-0.2, -0.15) is 0 Å². The molecule has 0 radical (unpaired) electrons. The highest BCUT2D eigenvalue weighted by molar-refractivity contribution is 7.98. The van der Waals surface area contributed by atoms with Gasteiger partial charge in [0.25, 0.3) is 0 Å². The van der Waals surface area contributed by atoms with Crippen molar-refractivity contribution in [3.63, 3.8) is 0 Å². The molecule has 0 saturated heterocycles. The zero-order chi connectivity index (χ0) is 11.4. The summed E-state index contributed by atoms with van der Waals surface area (Å²) in [5, 5.41) is 8.84. The second-order valence-electron chi connectivity index (χ2n) is 3.12. The summed E-state index contributed by atoms with van der Waals surface area (Å²) in [6.07, 6.45) is 3.45. The second-order valence-corrected chi connectivity index (χ2v) is 4.06. The van der Waals surface area contributed by atoms with Crippen molar-refractivity contribution < 1.29 is 0 Å². The zero-order valence-corrected chi connectivity index (χ0v) is 9.68. The summed E-state index contributed by atoms with van der Waals surface area (Å²) < 4.78 is 1.88. The molecule has 0 fully saturated rings. The molecule has 0 bridgehead atoms. The number of hydrogen-bond donors (Lipinski definition) is 1. The number of hydrogen-bond acceptors (Lipinski definition) is 6. The summed E-state index contributed by atoms with van der Waals surface area (Å²) in [6, 6.07) is 1.79. The predicted octanol–water partition coefficient (Wildman–Crippen LogP) is 0.356. The molecule has 0 aliphatic rings. The zero-order valence-electron chi connectivity index (χ0n) is 8.87. The van der Waals surface area contributed by atoms with Gasteiger partial charge < -0.3 is 10.3 Å². The monoisotopic (exact) mass is 236 g/mol. The largest absolute Gasteiger partial charge is 0.324 e. The number of aromatic nitrogens is 5. The van der Waals surface area contributed by atoms with Crippen molar-refractivity contribution in [1.29, 1.82) is 0 Å². The van der Waals surface area contributed by atoms with E-state index < -0.39 is 0 Å². The molecule has 0 spiro atoms. The maximum atomic E-state index is 5.51. The molecule has 16 heavy (non-hydrogen) atoms. The highest BCUT2D eigenvalue weighted by Gasteiger charge is 2.08. The Bertz CT molecular complexity index is 454. The standard InChI is InChI=1S/C9H12N6S/c1-15-8(5-10)13-14-9(15)16-6-7-11-3-2-4-12-7/h2-4H,5-6,10H2,1H3. The number of rotatable bonds is 4. The lowest BCUT2D eigenvalue weighted by Gasteiger charge is -2.01. The number of nitrogens with two attached hydrogens (primary N) is 1. The second kappa shape index (κ2) is 5.04. The van der Waals surface area contributed by atoms with E-state index in [1.54, 1.807) is 30.2 Å². The molecule has 0 saturated carbocycles. The summed E-state index contributed by atoms with van der Waals surface area (Å²) in [7, 11) is 1.90. The Morgan fingerprint density at radius 1 is 1.31 bits per heavy atom. The van der Waals surface area contributed by atoms with Crippen LogP contribution >= 0.6 is 11.8 Å². The lowest BCUT2D eigenvalue weighted by Crippen LogP contribution is -2.05. The van der Waals surface area contributed by atoms with Gasteiger partial charge in [0.1, 0.15) is 11.6 Å². The SMILES string of the molecule is Cn1c(CN)nnc1SCc1ncccn1. The van der Waals surface area contributed by atoms with Gasteiger partial charge in [0.15, 0.2) is 5.16 Å². The number of nitrogens with zero attached hydrogens (tertiary/aromatic N) is 5. The Morgan fingerprint density at radius 2 is 2.06 bits per heavy atom. The lowest BCUT2D eigenvalue weighted by molar-refractivity contribution is 0.734. The third-order valence-electron chi connectivity index (χ3n) is 2.06. The molecule has 0 unspecified atom stereocenters. The summed E-state index contributed by atoms with van der Waals surface area (Å²) in [5.41, 5.74) is 5.51. The van der Waals surface area contributed by atoms with Crippen LogP contribution in [-0.4, -0.2) is 24.7 Å². The average Bonchev–Trinajstić information content (AvgIpc) is 2.69. The van der Waals surface area contributed by atoms with Crippen molar-refractivity contribution in [3.05, 3.63) is 30.1 Å². The normalized spacial score (nSPS) is 10.6. The summed E-state index contributed by atoms with van der Waals surface area (Å²) >= 11 is 1.55. The highest BCUT2D eigenvalue weighted by Crippen LogP contribution is 2.18. The van der Waals surface area contributed by atoms with Crippen molar-refractivity contribution in [2.75, 3.05) is 0 Å². The van der Waals surface area contributed by atoms with E-state index in [2.05, 4.69) is 20.2 Å². The van der Waals surface area contributed by atoms with Crippen molar-refractivity contribution in [2.24, 2.45) is 12.8 Å². The molecule has 6 nitrogen and oxygen atoms in total. The molecule has 2 heterocycles. The molecule has 2 aromatic heterocycles. The molecule has 2 rings (SSSR count). The smallest absolute Gasteiger partial charge is 0.191 e. The maximum absolute atomic E-state index is 5.51. The minimum Gasteiger partial charge on any atom is -0.324 e. The first kappa shape index (κ1) is 11.0. The van der Waals surface area contributed by atoms with E-state index in [1.165, 1.54) is 0 Å². The van der Waals surface area contributed by atoms with Gasteiger partial charge in [-0.05, 0) is 6.07 Å². The fourth-order valence-corrected chi connectivity index (χ4v) is 1.99. The molecule has 2 aromatic rings. The van der Waals surface area contributed by atoms with Crippen LogP contribution in [0.1, 0.15) is 11.6 Å². The molecule has 0 amide bonds. The topological polar surface area (TPSA) is 82.5 Å². The molecule has 0 aromatic carbocycles. The summed E-state index contributed by atoms with van der Waals surface area (Å²) in [6.45, 7) is 0.395. The van der Waals surface area contributed by atoms with Crippen LogP contribution in [0.2, 0.25) is 0 Å². The maximum Gasteiger partial charge on any atom is 0.191 e. The first-order valence-electron chi connectivity index (χ1n) is 4.78. The predicted molar refractivity (Wildman–Crippen MR) is 60.5 cm³/mol. The van der Waals surface area contributed by atoms with E-state index in [1.807, 2.05) is 11.6 Å². The van der Waals surface area contributed by atoms with Crippen LogP contribution in [0.3, 0.4) is 0 Å². The van der Waals surface area contributed by atoms with Crippen LogP contribution in [0.5, 0.6) is 0 Å². The Balaban J connectivity index is 2.02. The Labute approximate surface area is 97.3 Å². The van der Waals surface area contributed by atoms with E-state index in [9.17, 15) is 0 Å². The third-order valence-corrected chi connectivity index (χ3v) is 3.07. The molecular formula is C9H12N6S. The van der Waals surface area contributed by atoms with Gasteiger partial charge in [-0.1, -0.05) is 11.8 Å². The number of thioether (sulfide) groups is 1. The fourth-order valence-electron chi connectivity index (χ4n) is 1.18. The average molecular weight is 236 g/mol. The van der Waals surface area contributed by atoms with Gasteiger partial charge in [0.05, 0.1) is 12.3 Å². The third kappa shape index (κ3) is 2.37. The van der Waals surface area contributed by atoms with Crippen LogP contribution in [0, 0.1) is 0 Å². The van der Waals surface area contributed by atoms with Crippen molar-refractivity contribution in [3.8, 4) is 0 Å². The van der Waals surface area contributed by atoms with Crippen LogP contribution in [0.4, 0.5) is 0 Å². The Kier molecular flexibility index (Phi) is 3.47. The first-order valence-corrected chi connectivity index (χ1v) is 5.77. The Morgan fingerprint density at radius 3 is 2.69 bits per heavy atom. The van der Waals surface area contributed by atoms with Crippen LogP contribution in [0.15, 0.2) is 23.6 Å². The van der Waals surface area contributed by atoms with Gasteiger partial charge in [0.2, 0.25) is 0 Å². The summed E-state index contributed by atoms with van der Waals surface area (Å²) in [4.78, 5) is 8.27. The first-order chi connectivity index (χ1) is 7.81. The molecular weight excluding hydrogens is 224 g/mol. The van der Waals surface area contributed by atoms with Gasteiger partial charge in [0, 0.05) is 19.4 Å². The minimum absolute atomic E-state index is 0.395. The van der Waals surface area contributed by atoms with Gasteiger partial charge in [-0.15, -0.1) is 10.2 Å². The van der Waals surface area contributed by atoms with E-state index in [4.69, 9.17) is 5.73 Å². The Hall–Kier alpha value is -1.47. The van der Waals surface area contributed by atoms with Crippen LogP contribution in [0.25, 0.3) is 0 Å².